The first kappa shape index (κ1) is 108. The first-order valence-electron chi connectivity index (χ1n) is 45.7. The van der Waals surface area contributed by atoms with Gasteiger partial charge in [0.2, 0.25) is 59.1 Å². The fourth-order valence-electron chi connectivity index (χ4n) is 16.1. The van der Waals surface area contributed by atoms with Gasteiger partial charge in [-0.1, -0.05) is 174 Å². The zero-order valence-corrected chi connectivity index (χ0v) is 79.5. The molecule has 0 aromatic heterocycles. The van der Waals surface area contributed by atoms with Crippen molar-refractivity contribution in [1.29, 1.82) is 0 Å². The molecule has 132 heavy (non-hydrogen) atoms. The van der Waals surface area contributed by atoms with E-state index in [1.807, 2.05) is 89.2 Å². The maximum absolute atomic E-state index is 14.9. The third-order valence-corrected chi connectivity index (χ3v) is 23.5. The molecule has 11 atom stereocenters. The fourth-order valence-corrected chi connectivity index (χ4v) is 16.1. The van der Waals surface area contributed by atoms with E-state index in [0.29, 0.717) is 55.0 Å². The van der Waals surface area contributed by atoms with Crippen LogP contribution in [0.15, 0.2) is 103 Å². The smallest absolute Gasteiger partial charge is 0.410 e. The van der Waals surface area contributed by atoms with Gasteiger partial charge in [-0.2, -0.15) is 0 Å². The quantitative estimate of drug-likeness (QED) is 0.0213. The lowest BCUT2D eigenvalue weighted by molar-refractivity contribution is -0.148. The van der Waals surface area contributed by atoms with E-state index in [1.165, 1.54) is 26.2 Å². The number of benzene rings is 4. The minimum Gasteiger partial charge on any atom is -0.480 e. The number of para-hydroxylation sites is 1. The van der Waals surface area contributed by atoms with Crippen molar-refractivity contribution < 1.29 is 101 Å². The van der Waals surface area contributed by atoms with Crippen molar-refractivity contribution >= 4 is 99.9 Å². The van der Waals surface area contributed by atoms with Crippen LogP contribution < -0.4 is 64.1 Å². The number of carboxylic acids is 1. The molecule has 7 rings (SSSR count). The third-order valence-electron chi connectivity index (χ3n) is 23.5. The molecule has 0 bridgehead atoms. The Morgan fingerprint density at radius 1 is 0.598 bits per heavy atom. The van der Waals surface area contributed by atoms with Crippen LogP contribution in [0.1, 0.15) is 169 Å². The Balaban J connectivity index is 0.797. The number of hydrazine groups is 2. The predicted octanol–water partition coefficient (Wildman–Crippen LogP) is 6.38. The first-order valence-corrected chi connectivity index (χ1v) is 45.7. The average Bonchev–Trinajstić information content (AvgIpc) is 1.59. The normalized spacial score (nSPS) is 15.9. The van der Waals surface area contributed by atoms with E-state index in [9.17, 15) is 67.4 Å². The summed E-state index contributed by atoms with van der Waals surface area (Å²) < 4.78 is 40.3. The van der Waals surface area contributed by atoms with Gasteiger partial charge >= 0.3 is 18.1 Å². The van der Waals surface area contributed by atoms with Crippen molar-refractivity contribution in [1.82, 2.24) is 67.9 Å². The summed E-state index contributed by atoms with van der Waals surface area (Å²) in [6.07, 6.45) is -0.717. The van der Waals surface area contributed by atoms with E-state index in [1.54, 1.807) is 119 Å². The van der Waals surface area contributed by atoms with E-state index in [0.717, 1.165) is 32.9 Å². The molecule has 0 spiro atoms. The number of carboxylic acid groups (broad SMARTS) is 1. The van der Waals surface area contributed by atoms with Gasteiger partial charge in [-0.3, -0.25) is 57.9 Å². The van der Waals surface area contributed by atoms with Crippen LogP contribution >= 0.6 is 0 Å². The molecule has 3 heterocycles. The largest absolute Gasteiger partial charge is 0.480 e. The topological polar surface area (TPSA) is 469 Å². The third kappa shape index (κ3) is 33.1. The summed E-state index contributed by atoms with van der Waals surface area (Å²) >= 11 is 0. The second-order valence-corrected chi connectivity index (χ2v) is 35.8. The summed E-state index contributed by atoms with van der Waals surface area (Å²) in [5, 5.41) is 34.0. The van der Waals surface area contributed by atoms with Crippen LogP contribution in [-0.2, 0) is 105 Å². The lowest BCUT2D eigenvalue weighted by atomic mass is 9.89. The number of hydrogen-bond donors (Lipinski definition) is 12. The predicted molar refractivity (Wildman–Crippen MR) is 496 cm³/mol. The molecule has 13 N–H and O–H groups in total. The highest BCUT2D eigenvalue weighted by Crippen LogP contribution is 2.41. The van der Waals surface area contributed by atoms with Crippen LogP contribution in [0.25, 0.3) is 11.4 Å². The molecular formula is C95H142N16O21. The van der Waals surface area contributed by atoms with Crippen LogP contribution in [0.2, 0.25) is 0 Å². The van der Waals surface area contributed by atoms with Gasteiger partial charge in [0.05, 0.1) is 113 Å². The highest BCUT2D eigenvalue weighted by molar-refractivity contribution is 6.04. The molecule has 13 amide bonds. The van der Waals surface area contributed by atoms with Crippen LogP contribution in [0.4, 0.5) is 21.0 Å². The number of ether oxygens (including phenoxy) is 7. The average molecular weight is 1840 g/mol. The number of hydrogen-bond acceptors (Lipinski definition) is 23. The number of likely N-dealkylation sites (N-methyl/N-ethyl adjacent to an activating group) is 2. The van der Waals surface area contributed by atoms with E-state index >= 15 is 0 Å². The molecule has 3 aliphatic rings. The number of nitrogens with two attached hydrogens (primary N) is 1. The zero-order chi connectivity index (χ0) is 96.9. The van der Waals surface area contributed by atoms with E-state index in [-0.39, 0.29) is 166 Å². The number of rotatable bonds is 54. The zero-order valence-electron chi connectivity index (χ0n) is 79.5. The van der Waals surface area contributed by atoms with Gasteiger partial charge in [-0.05, 0) is 89.7 Å². The molecule has 37 heteroatoms. The van der Waals surface area contributed by atoms with Gasteiger partial charge in [0.1, 0.15) is 43.4 Å². The number of anilines is 2. The van der Waals surface area contributed by atoms with E-state index < -0.39 is 132 Å². The number of aliphatic carboxylic acids is 1. The molecule has 1 saturated heterocycles. The Morgan fingerprint density at radius 2 is 1.22 bits per heavy atom. The molecule has 728 valence electrons. The van der Waals surface area contributed by atoms with Crippen LogP contribution in [0, 0.1) is 35.0 Å². The lowest BCUT2D eigenvalue weighted by Crippen LogP contribution is -2.60. The highest BCUT2D eigenvalue weighted by atomic mass is 16.6. The van der Waals surface area contributed by atoms with Gasteiger partial charge in [-0.15, -0.1) is 5.53 Å². The van der Waals surface area contributed by atoms with Crippen LogP contribution in [0.5, 0.6) is 0 Å². The standard InChI is InChI=1S/C95H142N16O21/c1-17-62(8)84(74(126-15)54-79(116)109-44-26-34-73(109)86(127-16)63(9)87(117)102-71(92(122)123)53-64-27-19-18-20-28-64)107(13)91(121)81(60(4)5)104-90(120)83(61(6)7)108(14)94(125)132-57-65-35-37-67(38-36-65)100-88(118)70(32-25-42-98-93(96)124)101-89(119)80(59(2)3)103-76(113)41-45-128-47-49-130-51-52-131-50-48-129-46-43-97-75(112)39-40-78(115)110-55-66-29-21-22-30-68(66)82-85(69-31-23-24-33-72(69)110)111(106-105-82)56-77(114)99-58-95(10,11)12/h18-24,27-31,33,35-38,59-63,70-71,73-74,80-81,83-84,86,105-106H,17,25-26,32,34,39-58H2,1-16H3,(H,97,112)(H,99,114)(H,100,118)(H,101,119)(H,102,117)(H,103,113)(H,104,120)(H,122,123)(H3,96,98,124)/t62-,63+,70-,71+,73-,74+,80-,81-,83-,84-,86+/m0/s1. The maximum Gasteiger partial charge on any atom is 0.410 e. The summed E-state index contributed by atoms with van der Waals surface area (Å²) in [5.41, 5.74) is 17.8. The van der Waals surface area contributed by atoms with Crippen molar-refractivity contribution in [3.8, 4) is 0 Å². The van der Waals surface area contributed by atoms with Gasteiger partial charge < -0.3 is 107 Å². The van der Waals surface area contributed by atoms with E-state index in [2.05, 4.69) is 53.5 Å². The molecule has 0 saturated carbocycles. The molecule has 0 aliphatic carbocycles. The van der Waals surface area contributed by atoms with Crippen molar-refractivity contribution in [2.24, 2.45) is 40.7 Å². The summed E-state index contributed by atoms with van der Waals surface area (Å²) in [6, 6.07) is 23.0. The van der Waals surface area contributed by atoms with Crippen LogP contribution in [-0.4, -0.2) is 270 Å². The summed E-state index contributed by atoms with van der Waals surface area (Å²) in [4.78, 5) is 183. The number of fused-ring (bicyclic) bond motifs is 4. The SMILES string of the molecule is CC[C@H](C)[C@@H]([C@@H](CC(=O)N1CCC[C@H]1[C@H](OC)[C@@H](C)C(=O)N[C@H](Cc1ccccc1)C(=O)O)OC)N(C)C(=O)[C@@H](NC(=O)[C@H](C(C)C)N(C)C(=O)OCc1ccc(NC(=O)[C@H](CCCNC(N)=O)NC(=O)[C@@H](NC(=O)CCOCCOCCOCCOCCNC(=O)CCC(=O)N2Cc3ccccc3C3=C(c4ccccc42)N(CC(=O)NCC(C)(C)C)NN3)C(C)C)cc1)C(C)C. The molecule has 4 aromatic carbocycles. The lowest BCUT2D eigenvalue weighted by Gasteiger charge is -2.41. The van der Waals surface area contributed by atoms with Crippen molar-refractivity contribution in [2.75, 3.05) is 124 Å². The van der Waals surface area contributed by atoms with Crippen LogP contribution in [0.3, 0.4) is 0 Å². The Kier molecular flexibility index (Phi) is 44.0. The highest BCUT2D eigenvalue weighted by Gasteiger charge is 2.45. The number of methoxy groups -OCH3 is 2. The molecule has 37 nitrogen and oxygen atoms in total. The van der Waals surface area contributed by atoms with Crippen molar-refractivity contribution in [2.45, 2.75) is 215 Å². The minimum atomic E-state index is -1.20. The first-order chi connectivity index (χ1) is 62.9. The number of primary amides is 1. The monoisotopic (exact) mass is 1840 g/mol. The minimum absolute atomic E-state index is 0.00987. The number of urea groups is 1. The van der Waals surface area contributed by atoms with Gasteiger partial charge in [0, 0.05) is 97.0 Å². The summed E-state index contributed by atoms with van der Waals surface area (Å²) in [7, 11) is 5.96. The Morgan fingerprint density at radius 3 is 1.83 bits per heavy atom. The number of nitrogens with one attached hydrogen (secondary N) is 10. The van der Waals surface area contributed by atoms with E-state index in [4.69, 9.17) is 38.9 Å². The molecule has 1 fully saturated rings. The fraction of sp³-hybridized carbons (Fsp3) is 0.589. The maximum atomic E-state index is 14.9. The molecular weight excluding hydrogens is 1700 g/mol. The number of carbonyl (C=O) groups excluding carboxylic acids is 12. The van der Waals surface area contributed by atoms with Gasteiger partial charge in [0.25, 0.3) is 0 Å². The number of carbonyl (C=O) groups is 13. The molecule has 3 aliphatic heterocycles. The number of likely N-dealkylation sites (tertiary alicyclic amines) is 1. The summed E-state index contributed by atoms with van der Waals surface area (Å²) in [6.45, 7) is 25.1. The Bertz CT molecular complexity index is 4490. The molecule has 4 aromatic rings. The molecule has 0 unspecified atom stereocenters. The second-order valence-electron chi connectivity index (χ2n) is 35.8. The number of nitrogens with zero attached hydrogens (tertiary/aromatic N) is 5. The van der Waals surface area contributed by atoms with Gasteiger partial charge in [-0.25, -0.2) is 14.4 Å². The Hall–Kier alpha value is -11.4. The Labute approximate surface area is 775 Å². The second kappa shape index (κ2) is 54.0. The molecule has 0 radical (unpaired) electrons. The van der Waals surface area contributed by atoms with Crippen molar-refractivity contribution in [3.63, 3.8) is 0 Å². The number of amides is 13. The van der Waals surface area contributed by atoms with Gasteiger partial charge in [0.15, 0.2) is 0 Å². The summed E-state index contributed by atoms with van der Waals surface area (Å²) in [5.74, 6) is -7.94. The van der Waals surface area contributed by atoms with Crippen molar-refractivity contribution in [3.05, 3.63) is 131 Å².